The summed E-state index contributed by atoms with van der Waals surface area (Å²) < 4.78 is 6.92. The van der Waals surface area contributed by atoms with Gasteiger partial charge in [-0.1, -0.05) is 17.7 Å². The minimum atomic E-state index is -0.539. The first kappa shape index (κ1) is 20.5. The summed E-state index contributed by atoms with van der Waals surface area (Å²) in [4.78, 5) is 26.4. The van der Waals surface area contributed by atoms with E-state index in [2.05, 4.69) is 15.3 Å². The van der Waals surface area contributed by atoms with E-state index in [1.165, 1.54) is 10.8 Å². The number of hydrogen-bond donors (Lipinski definition) is 2. The average molecular weight is 458 g/mol. The van der Waals surface area contributed by atoms with Crippen molar-refractivity contribution in [2.75, 3.05) is 11.1 Å². The minimum absolute atomic E-state index is 0.0183. The SMILES string of the molecule is C[C@H](Nc1nc(N)ncc1C#N)c1nc2cccc(Cl)c2c(=O)n1-c1ccc2occc2c1. The number of furan rings is 1. The molecule has 33 heavy (non-hydrogen) atoms. The van der Waals surface area contributed by atoms with Crippen LogP contribution in [0.5, 0.6) is 0 Å². The molecule has 0 amide bonds. The van der Waals surface area contributed by atoms with Crippen LogP contribution in [0.15, 0.2) is 64.1 Å². The van der Waals surface area contributed by atoms with E-state index in [9.17, 15) is 10.1 Å². The Kier molecular flexibility index (Phi) is 4.92. The van der Waals surface area contributed by atoms with Crippen molar-refractivity contribution in [2.45, 2.75) is 13.0 Å². The number of nitrogens with zero attached hydrogens (tertiary/aromatic N) is 5. The van der Waals surface area contributed by atoms with E-state index < -0.39 is 6.04 Å². The Hall–Kier alpha value is -4.42. The number of anilines is 2. The second-order valence-corrected chi connectivity index (χ2v) is 7.76. The van der Waals surface area contributed by atoms with Crippen molar-refractivity contribution in [2.24, 2.45) is 0 Å². The van der Waals surface area contributed by atoms with E-state index in [1.807, 2.05) is 25.1 Å². The first-order valence-electron chi connectivity index (χ1n) is 9.94. The number of fused-ring (bicyclic) bond motifs is 2. The molecule has 5 rings (SSSR count). The maximum Gasteiger partial charge on any atom is 0.267 e. The molecule has 3 heterocycles. The highest BCUT2D eigenvalue weighted by molar-refractivity contribution is 6.35. The van der Waals surface area contributed by atoms with Gasteiger partial charge in [-0.25, -0.2) is 9.97 Å². The molecule has 9 nitrogen and oxygen atoms in total. The molecule has 3 N–H and O–H groups in total. The second kappa shape index (κ2) is 7.93. The summed E-state index contributed by atoms with van der Waals surface area (Å²) >= 11 is 6.37. The van der Waals surface area contributed by atoms with E-state index in [4.69, 9.17) is 26.7 Å². The molecule has 0 aliphatic carbocycles. The van der Waals surface area contributed by atoms with Gasteiger partial charge in [-0.05, 0) is 43.3 Å². The van der Waals surface area contributed by atoms with Crippen LogP contribution in [0.3, 0.4) is 0 Å². The lowest BCUT2D eigenvalue weighted by atomic mass is 10.1. The van der Waals surface area contributed by atoms with Crippen LogP contribution in [0.1, 0.15) is 24.4 Å². The van der Waals surface area contributed by atoms with Gasteiger partial charge in [-0.3, -0.25) is 9.36 Å². The summed E-state index contributed by atoms with van der Waals surface area (Å²) in [5, 5.41) is 14.0. The summed E-state index contributed by atoms with van der Waals surface area (Å²) in [5.74, 6) is 0.665. The fourth-order valence-corrected chi connectivity index (χ4v) is 3.95. The largest absolute Gasteiger partial charge is 0.464 e. The molecule has 0 aliphatic heterocycles. The molecule has 162 valence electrons. The highest BCUT2D eigenvalue weighted by atomic mass is 35.5. The maximum atomic E-state index is 13.7. The molecule has 3 aromatic heterocycles. The Labute approximate surface area is 192 Å². The van der Waals surface area contributed by atoms with Crippen molar-refractivity contribution >= 4 is 45.2 Å². The van der Waals surface area contributed by atoms with Crippen molar-refractivity contribution in [3.05, 3.63) is 81.7 Å². The number of nitriles is 1. The van der Waals surface area contributed by atoms with Crippen LogP contribution in [-0.4, -0.2) is 19.5 Å². The topological polar surface area (TPSA) is 136 Å². The zero-order valence-electron chi connectivity index (χ0n) is 17.3. The van der Waals surface area contributed by atoms with Crippen LogP contribution in [0.25, 0.3) is 27.6 Å². The van der Waals surface area contributed by atoms with Crippen LogP contribution >= 0.6 is 11.6 Å². The summed E-state index contributed by atoms with van der Waals surface area (Å²) in [6.07, 6.45) is 2.92. The summed E-state index contributed by atoms with van der Waals surface area (Å²) in [7, 11) is 0. The van der Waals surface area contributed by atoms with Gasteiger partial charge in [0.1, 0.15) is 28.9 Å². The molecule has 1 atom stereocenters. The monoisotopic (exact) mass is 457 g/mol. The van der Waals surface area contributed by atoms with E-state index in [0.29, 0.717) is 33.0 Å². The smallest absolute Gasteiger partial charge is 0.267 e. The molecular formula is C23H16ClN7O2. The van der Waals surface area contributed by atoms with Gasteiger partial charge in [0.2, 0.25) is 5.95 Å². The van der Waals surface area contributed by atoms with Crippen molar-refractivity contribution in [1.82, 2.24) is 19.5 Å². The molecule has 0 unspecified atom stereocenters. The fraction of sp³-hybridized carbons (Fsp3) is 0.0870. The van der Waals surface area contributed by atoms with Gasteiger partial charge < -0.3 is 15.5 Å². The first-order chi connectivity index (χ1) is 16.0. The Balaban J connectivity index is 1.74. The van der Waals surface area contributed by atoms with E-state index in [1.54, 1.807) is 36.6 Å². The Morgan fingerprint density at radius 1 is 1.24 bits per heavy atom. The molecule has 2 aromatic carbocycles. The number of benzene rings is 2. The second-order valence-electron chi connectivity index (χ2n) is 7.36. The van der Waals surface area contributed by atoms with Crippen molar-refractivity contribution < 1.29 is 4.42 Å². The molecule has 0 spiro atoms. The number of nitrogens with one attached hydrogen (secondary N) is 1. The Morgan fingerprint density at radius 2 is 2.09 bits per heavy atom. The zero-order chi connectivity index (χ0) is 23.1. The highest BCUT2D eigenvalue weighted by Crippen LogP contribution is 2.27. The van der Waals surface area contributed by atoms with Crippen molar-refractivity contribution in [3.8, 4) is 11.8 Å². The van der Waals surface area contributed by atoms with Gasteiger partial charge in [-0.15, -0.1) is 0 Å². The van der Waals surface area contributed by atoms with Crippen LogP contribution in [0.4, 0.5) is 11.8 Å². The zero-order valence-corrected chi connectivity index (χ0v) is 18.0. The predicted molar refractivity (Wildman–Crippen MR) is 125 cm³/mol. The van der Waals surface area contributed by atoms with Crippen LogP contribution in [-0.2, 0) is 0 Å². The van der Waals surface area contributed by atoms with Crippen molar-refractivity contribution in [1.29, 1.82) is 5.26 Å². The summed E-state index contributed by atoms with van der Waals surface area (Å²) in [6.45, 7) is 1.81. The molecule has 0 aliphatic rings. The summed E-state index contributed by atoms with van der Waals surface area (Å²) in [6, 6.07) is 13.8. The molecular weight excluding hydrogens is 442 g/mol. The predicted octanol–water partition coefficient (Wildman–Crippen LogP) is 4.20. The number of aromatic nitrogens is 4. The number of hydrogen-bond acceptors (Lipinski definition) is 8. The average Bonchev–Trinajstić information content (AvgIpc) is 3.27. The van der Waals surface area contributed by atoms with Crippen LogP contribution in [0.2, 0.25) is 5.02 Å². The highest BCUT2D eigenvalue weighted by Gasteiger charge is 2.21. The number of rotatable bonds is 4. The minimum Gasteiger partial charge on any atom is -0.464 e. The van der Waals surface area contributed by atoms with E-state index in [-0.39, 0.29) is 22.9 Å². The van der Waals surface area contributed by atoms with Gasteiger partial charge in [0, 0.05) is 5.39 Å². The third kappa shape index (κ3) is 3.52. The molecule has 0 bridgehead atoms. The molecule has 10 heteroatoms. The third-order valence-corrected chi connectivity index (χ3v) is 5.55. The Bertz CT molecular complexity index is 1630. The van der Waals surface area contributed by atoms with E-state index >= 15 is 0 Å². The van der Waals surface area contributed by atoms with Gasteiger partial charge >= 0.3 is 0 Å². The number of nitrogens with two attached hydrogens (primary N) is 1. The normalized spacial score (nSPS) is 12.0. The molecule has 0 fully saturated rings. The molecule has 0 saturated heterocycles. The van der Waals surface area contributed by atoms with Crippen LogP contribution < -0.4 is 16.6 Å². The third-order valence-electron chi connectivity index (χ3n) is 5.24. The molecule has 5 aromatic rings. The summed E-state index contributed by atoms with van der Waals surface area (Å²) in [5.41, 5.74) is 7.35. The lowest BCUT2D eigenvalue weighted by molar-refractivity contribution is 0.615. The quantitative estimate of drug-likeness (QED) is 0.409. The van der Waals surface area contributed by atoms with Crippen molar-refractivity contribution in [3.63, 3.8) is 0 Å². The van der Waals surface area contributed by atoms with E-state index in [0.717, 1.165) is 5.39 Å². The number of nitrogen functional groups attached to an aromatic ring is 1. The fourth-order valence-electron chi connectivity index (χ4n) is 3.70. The first-order valence-corrected chi connectivity index (χ1v) is 10.3. The lowest BCUT2D eigenvalue weighted by Gasteiger charge is -2.20. The standard InChI is InChI=1S/C23H16ClN7O2/c1-12(28-20-14(10-25)11-27-23(26)30-20)21-29-17-4-2-3-16(24)19(17)22(32)31(21)15-5-6-18-13(9-15)7-8-33-18/h2-9,11-12H,1H3,(H3,26,27,28,30)/t12-/m0/s1. The Morgan fingerprint density at radius 3 is 2.91 bits per heavy atom. The van der Waals surface area contributed by atoms with Crippen LogP contribution in [0, 0.1) is 11.3 Å². The van der Waals surface area contributed by atoms with Gasteiger partial charge in [-0.2, -0.15) is 10.2 Å². The molecule has 0 saturated carbocycles. The van der Waals surface area contributed by atoms with Gasteiger partial charge in [0.25, 0.3) is 5.56 Å². The number of halogens is 1. The van der Waals surface area contributed by atoms with Gasteiger partial charge in [0.05, 0.1) is 40.1 Å². The lowest BCUT2D eigenvalue weighted by Crippen LogP contribution is -2.27. The van der Waals surface area contributed by atoms with Gasteiger partial charge in [0.15, 0.2) is 0 Å². The molecule has 0 radical (unpaired) electrons. The maximum absolute atomic E-state index is 13.7.